The molecule has 0 aliphatic heterocycles. The van der Waals surface area contributed by atoms with Gasteiger partial charge in [0.25, 0.3) is 0 Å². The van der Waals surface area contributed by atoms with Crippen LogP contribution < -0.4 is 5.73 Å². The highest BCUT2D eigenvalue weighted by Crippen LogP contribution is 2.23. The van der Waals surface area contributed by atoms with Crippen LogP contribution in [0.1, 0.15) is 18.3 Å². The van der Waals surface area contributed by atoms with Crippen LogP contribution in [0.25, 0.3) is 11.3 Å². The molecule has 3 N–H and O–H groups in total. The number of nitrogens with two attached hydrogens (primary N) is 1. The van der Waals surface area contributed by atoms with Crippen LogP contribution in [0.3, 0.4) is 0 Å². The molecule has 0 bridgehead atoms. The zero-order chi connectivity index (χ0) is 13.8. The van der Waals surface area contributed by atoms with Crippen molar-refractivity contribution in [3.05, 3.63) is 41.9 Å². The van der Waals surface area contributed by atoms with Crippen molar-refractivity contribution in [3.8, 4) is 11.3 Å². The van der Waals surface area contributed by atoms with Crippen molar-refractivity contribution in [3.63, 3.8) is 0 Å². The van der Waals surface area contributed by atoms with Gasteiger partial charge >= 0.3 is 0 Å². The summed E-state index contributed by atoms with van der Waals surface area (Å²) in [6, 6.07) is 3.09. The minimum absolute atomic E-state index is 0.263. The number of nitrogens with one attached hydrogen (secondary N) is 1. The monoisotopic (exact) mass is 267 g/mol. The molecule has 0 saturated heterocycles. The maximum absolute atomic E-state index is 13.6. The first-order chi connectivity index (χ1) is 9.11. The van der Waals surface area contributed by atoms with Gasteiger partial charge in [-0.15, -0.1) is 0 Å². The molecule has 0 aliphatic carbocycles. The second-order valence-electron chi connectivity index (χ2n) is 4.19. The zero-order valence-corrected chi connectivity index (χ0v) is 10.5. The Balaban J connectivity index is 2.20. The summed E-state index contributed by atoms with van der Waals surface area (Å²) < 4.78 is 31.4. The van der Waals surface area contributed by atoms with E-state index in [0.29, 0.717) is 24.5 Å². The van der Waals surface area contributed by atoms with Crippen LogP contribution in [0, 0.1) is 11.6 Å². The van der Waals surface area contributed by atoms with Gasteiger partial charge in [0.1, 0.15) is 17.5 Å². The minimum atomic E-state index is -0.638. The predicted octanol–water partition coefficient (Wildman–Crippen LogP) is 2.39. The molecule has 1 unspecified atom stereocenters. The van der Waals surface area contributed by atoms with E-state index in [4.69, 9.17) is 10.5 Å². The smallest absolute Gasteiger partial charge is 0.135 e. The molecular formula is C13H15F2N3O. The van der Waals surface area contributed by atoms with Crippen LogP contribution in [0.4, 0.5) is 8.78 Å². The molecule has 1 heterocycles. The molecule has 2 rings (SSSR count). The summed E-state index contributed by atoms with van der Waals surface area (Å²) in [5.41, 5.74) is 6.64. The van der Waals surface area contributed by atoms with Crippen molar-refractivity contribution in [2.45, 2.75) is 12.5 Å². The lowest BCUT2D eigenvalue weighted by Gasteiger charge is -2.07. The van der Waals surface area contributed by atoms with E-state index >= 15 is 0 Å². The largest absolute Gasteiger partial charge is 0.385 e. The second-order valence-corrected chi connectivity index (χ2v) is 4.19. The number of hydrogen-bond donors (Lipinski definition) is 2. The number of ether oxygens (including phenoxy) is 1. The van der Waals surface area contributed by atoms with E-state index in [2.05, 4.69) is 9.97 Å². The van der Waals surface area contributed by atoms with Crippen molar-refractivity contribution in [2.24, 2.45) is 5.73 Å². The van der Waals surface area contributed by atoms with Crippen LogP contribution in [0.15, 0.2) is 24.4 Å². The summed E-state index contributed by atoms with van der Waals surface area (Å²) in [5.74, 6) is -0.700. The molecule has 102 valence electrons. The number of imidazole rings is 1. The molecular weight excluding hydrogens is 252 g/mol. The quantitative estimate of drug-likeness (QED) is 0.874. The lowest BCUT2D eigenvalue weighted by molar-refractivity contribution is 0.187. The number of benzene rings is 1. The summed E-state index contributed by atoms with van der Waals surface area (Å²) in [7, 11) is 1.59. The van der Waals surface area contributed by atoms with E-state index in [1.807, 2.05) is 0 Å². The highest BCUT2D eigenvalue weighted by Gasteiger charge is 2.13. The van der Waals surface area contributed by atoms with Crippen LogP contribution in [0.5, 0.6) is 0 Å². The first-order valence-corrected chi connectivity index (χ1v) is 5.86. The molecule has 2 aromatic rings. The number of H-pyrrole nitrogens is 1. The molecule has 0 fully saturated rings. The van der Waals surface area contributed by atoms with Gasteiger partial charge in [0.15, 0.2) is 0 Å². The highest BCUT2D eigenvalue weighted by atomic mass is 19.1. The summed E-state index contributed by atoms with van der Waals surface area (Å²) >= 11 is 0. The van der Waals surface area contributed by atoms with Crippen LogP contribution in [-0.2, 0) is 4.74 Å². The molecule has 0 radical (unpaired) electrons. The molecule has 1 atom stereocenters. The minimum Gasteiger partial charge on any atom is -0.385 e. The third kappa shape index (κ3) is 3.15. The molecule has 0 saturated carbocycles. The van der Waals surface area contributed by atoms with Gasteiger partial charge in [-0.1, -0.05) is 0 Å². The van der Waals surface area contributed by atoms with E-state index in [1.165, 1.54) is 18.3 Å². The van der Waals surface area contributed by atoms with Crippen LogP contribution in [-0.4, -0.2) is 23.7 Å². The summed E-state index contributed by atoms with van der Waals surface area (Å²) in [6.07, 6.45) is 2.09. The number of nitrogens with zero attached hydrogens (tertiary/aromatic N) is 1. The van der Waals surface area contributed by atoms with E-state index in [0.717, 1.165) is 6.07 Å². The summed E-state index contributed by atoms with van der Waals surface area (Å²) in [6.45, 7) is 0.516. The Labute approximate surface area is 109 Å². The average Bonchev–Trinajstić information content (AvgIpc) is 2.85. The fraction of sp³-hybridized carbons (Fsp3) is 0.308. The molecule has 4 nitrogen and oxygen atoms in total. The van der Waals surface area contributed by atoms with Gasteiger partial charge in [0.05, 0.1) is 17.9 Å². The molecule has 19 heavy (non-hydrogen) atoms. The van der Waals surface area contributed by atoms with Gasteiger partial charge in [-0.2, -0.15) is 0 Å². The SMILES string of the molecule is COCCC(N)c1ncc(-c2ccc(F)cc2F)[nH]1. The Morgan fingerprint density at radius 2 is 2.21 bits per heavy atom. The average molecular weight is 267 g/mol. The number of methoxy groups -OCH3 is 1. The molecule has 6 heteroatoms. The fourth-order valence-corrected chi connectivity index (χ4v) is 1.75. The number of halogens is 2. The lowest BCUT2D eigenvalue weighted by atomic mass is 10.1. The highest BCUT2D eigenvalue weighted by molar-refractivity contribution is 5.59. The summed E-state index contributed by atoms with van der Waals surface area (Å²) in [5, 5.41) is 0. The predicted molar refractivity (Wildman–Crippen MR) is 67.4 cm³/mol. The van der Waals surface area contributed by atoms with Crippen LogP contribution in [0.2, 0.25) is 0 Å². The first kappa shape index (κ1) is 13.6. The number of hydrogen-bond acceptors (Lipinski definition) is 3. The standard InChI is InChI=1S/C13H15F2N3O/c1-19-5-4-11(16)13-17-7-12(18-13)9-3-2-8(14)6-10(9)15/h2-3,6-7,11H,4-5,16H2,1H3,(H,17,18). The molecule has 1 aromatic heterocycles. The number of rotatable bonds is 5. The van der Waals surface area contributed by atoms with Crippen molar-refractivity contribution >= 4 is 0 Å². The molecule has 1 aromatic carbocycles. The van der Waals surface area contributed by atoms with E-state index in [9.17, 15) is 8.78 Å². The Morgan fingerprint density at radius 3 is 2.89 bits per heavy atom. The van der Waals surface area contributed by atoms with E-state index < -0.39 is 11.6 Å². The normalized spacial score (nSPS) is 12.6. The maximum atomic E-state index is 13.6. The van der Waals surface area contributed by atoms with Crippen molar-refractivity contribution in [1.29, 1.82) is 0 Å². The zero-order valence-electron chi connectivity index (χ0n) is 10.5. The first-order valence-electron chi connectivity index (χ1n) is 5.86. The Bertz CT molecular complexity index is 557. The van der Waals surface area contributed by atoms with Gasteiger partial charge in [-0.05, 0) is 18.6 Å². The maximum Gasteiger partial charge on any atom is 0.135 e. The second kappa shape index (κ2) is 5.90. The number of aromatic amines is 1. The van der Waals surface area contributed by atoms with Crippen LogP contribution >= 0.6 is 0 Å². The van der Waals surface area contributed by atoms with Gasteiger partial charge in [0.2, 0.25) is 0 Å². The third-order valence-electron chi connectivity index (χ3n) is 2.80. The topological polar surface area (TPSA) is 63.9 Å². The van der Waals surface area contributed by atoms with Crippen molar-refractivity contribution in [2.75, 3.05) is 13.7 Å². The summed E-state index contributed by atoms with van der Waals surface area (Å²) in [4.78, 5) is 7.06. The van der Waals surface area contributed by atoms with Gasteiger partial charge < -0.3 is 15.5 Å². The van der Waals surface area contributed by atoms with Gasteiger partial charge in [0, 0.05) is 25.3 Å². The fourth-order valence-electron chi connectivity index (χ4n) is 1.75. The molecule has 0 spiro atoms. The Kier molecular flexibility index (Phi) is 4.24. The van der Waals surface area contributed by atoms with E-state index in [-0.39, 0.29) is 11.6 Å². The Hall–Kier alpha value is -1.79. The van der Waals surface area contributed by atoms with Crippen molar-refractivity contribution in [1.82, 2.24) is 9.97 Å². The van der Waals surface area contributed by atoms with Gasteiger partial charge in [-0.3, -0.25) is 0 Å². The van der Waals surface area contributed by atoms with E-state index in [1.54, 1.807) is 7.11 Å². The molecule has 0 aliphatic rings. The third-order valence-corrected chi connectivity index (χ3v) is 2.80. The Morgan fingerprint density at radius 1 is 1.42 bits per heavy atom. The molecule has 0 amide bonds. The lowest BCUT2D eigenvalue weighted by Crippen LogP contribution is -2.14. The van der Waals surface area contributed by atoms with Gasteiger partial charge in [-0.25, -0.2) is 13.8 Å². The number of aromatic nitrogens is 2. The van der Waals surface area contributed by atoms with Crippen molar-refractivity contribution < 1.29 is 13.5 Å².